The van der Waals surface area contributed by atoms with Gasteiger partial charge in [0, 0.05) is 147 Å². The van der Waals surface area contributed by atoms with Crippen molar-refractivity contribution in [3.63, 3.8) is 0 Å². The third-order valence-electron chi connectivity index (χ3n) is 23.0. The Kier molecular flexibility index (Phi) is 17.1. The molecule has 3 saturated heterocycles. The molecule has 0 bridgehead atoms. The Balaban J connectivity index is 0.000000115. The molecule has 6 aromatic carbocycles. The highest BCUT2D eigenvalue weighted by Gasteiger charge is 2.38. The SMILES string of the molecule is CCC(C)(C)NC[C@@H]1CCN(c2ccc3c(c2)Cn2cc(-c4ccc(F)cc4)cc2-c2nccn2-3)C1.CNCC1CCN(c2ccc3c(c2)Cn2cc(-c4ccc(C#N)cc4)cc2-c2nncn2-3)C1.Cc1cnc2n1-c1ccc(N3CC[C@H]4CCC[C@@H]43)cc1Cn1cc(-c3ccc(C#N)cc3)cc1-2. The maximum atomic E-state index is 13.5. The van der Waals surface area contributed by atoms with E-state index in [0.29, 0.717) is 23.0 Å². The van der Waals surface area contributed by atoms with Gasteiger partial charge >= 0.3 is 0 Å². The number of hydrogen-bond donors (Lipinski definition) is 2. The van der Waals surface area contributed by atoms with Crippen LogP contribution in [0.15, 0.2) is 189 Å². The number of benzene rings is 6. The summed E-state index contributed by atoms with van der Waals surface area (Å²) < 4.78 is 26.9. The number of anilines is 3. The van der Waals surface area contributed by atoms with E-state index in [4.69, 9.17) is 20.5 Å². The van der Waals surface area contributed by atoms with Crippen molar-refractivity contribution in [3.05, 3.63) is 228 Å². The lowest BCUT2D eigenvalue weighted by atomic mass is 10.00. The molecule has 1 aliphatic carbocycles. The first-order valence-corrected chi connectivity index (χ1v) is 36.8. The van der Waals surface area contributed by atoms with Gasteiger partial charge in [-0.05, 0) is 233 Å². The number of nitriles is 2. The number of imidazole rings is 2. The molecule has 1 saturated carbocycles. The van der Waals surface area contributed by atoms with Crippen molar-refractivity contribution in [1.82, 2.24) is 58.2 Å². The molecule has 7 aliphatic rings. The Labute approximate surface area is 601 Å². The van der Waals surface area contributed by atoms with Crippen molar-refractivity contribution >= 4 is 17.1 Å². The van der Waals surface area contributed by atoms with Gasteiger partial charge in [0.15, 0.2) is 17.5 Å². The van der Waals surface area contributed by atoms with Gasteiger partial charge in [0.2, 0.25) is 0 Å². The number of aryl methyl sites for hydroxylation is 1. The summed E-state index contributed by atoms with van der Waals surface area (Å²) >= 11 is 0. The van der Waals surface area contributed by atoms with Gasteiger partial charge in [0.05, 0.1) is 57.4 Å². The molecule has 0 amide bonds. The van der Waals surface area contributed by atoms with Gasteiger partial charge in [0.25, 0.3) is 0 Å². The molecule has 19 rings (SSSR count). The van der Waals surface area contributed by atoms with Crippen LogP contribution in [-0.4, -0.2) is 112 Å². The zero-order valence-corrected chi connectivity index (χ0v) is 59.3. The van der Waals surface area contributed by atoms with Gasteiger partial charge < -0.3 is 39.0 Å². The molecule has 4 fully saturated rings. The van der Waals surface area contributed by atoms with Crippen molar-refractivity contribution < 1.29 is 4.39 Å². The maximum Gasteiger partial charge on any atom is 0.185 e. The van der Waals surface area contributed by atoms with Gasteiger partial charge in [-0.3, -0.25) is 13.7 Å². The van der Waals surface area contributed by atoms with Gasteiger partial charge in [-0.2, -0.15) is 10.5 Å². The molecule has 1 unspecified atom stereocenters. The zero-order valence-electron chi connectivity index (χ0n) is 59.3. The minimum atomic E-state index is -0.217. The maximum absolute atomic E-state index is 13.5. The first kappa shape index (κ1) is 65.3. The molecule has 103 heavy (non-hydrogen) atoms. The second kappa shape index (κ2) is 27.0. The highest BCUT2D eigenvalue weighted by molar-refractivity contribution is 5.76. The number of nitrogens with zero attached hydrogens (tertiary/aromatic N) is 15. The zero-order chi connectivity index (χ0) is 70.0. The number of halogens is 1. The van der Waals surface area contributed by atoms with Crippen molar-refractivity contribution in [2.24, 2.45) is 17.8 Å². The molecule has 12 heterocycles. The highest BCUT2D eigenvalue weighted by atomic mass is 19.1. The fourth-order valence-electron chi connectivity index (χ4n) is 17.0. The normalized spacial score (nSPS) is 18.0. The topological polar surface area (TPSA) is 162 Å². The van der Waals surface area contributed by atoms with E-state index < -0.39 is 0 Å². The minimum Gasteiger partial charge on any atom is -0.371 e. The fourth-order valence-corrected chi connectivity index (χ4v) is 17.0. The molecular formula is C85H86FN17. The van der Waals surface area contributed by atoms with Gasteiger partial charge in [-0.1, -0.05) is 49.7 Å². The predicted molar refractivity (Wildman–Crippen MR) is 407 cm³/mol. The van der Waals surface area contributed by atoms with Gasteiger partial charge in [-0.15, -0.1) is 10.2 Å². The standard InChI is InChI=1S/C30H34FN5.C29H27N5.C26H25N7/c1-4-30(2,3)33-17-21-11-13-34(18-21)26-9-10-27-24(15-26)20-35-19-23(22-5-7-25(31)8-6-22)16-28(35)29-32-12-14-36(27)29;1-19-16-31-29-28-14-23(21-7-5-20(15-30)6-8-21)17-32(28)18-24-13-25(9-10-27(24)34(19)29)33-12-11-22-3-2-4-26(22)33;1-28-13-19-8-9-31(14-19)23-6-7-24-22(10-23)16-32-15-21(20-4-2-18(12-27)3-5-20)11-25(32)26-30-29-17-33(24)26/h5-10,12,14-16,19,21,33H,4,11,13,17-18,20H2,1-3H3;5-10,13-14,16-17,22,26H,2-4,11-12,18H2,1H3;2-7,10-11,15,17,19,28H,8-9,13-14,16H2,1H3/t21-;22-,26+;/m01./s1. The lowest BCUT2D eigenvalue weighted by Crippen LogP contribution is -2.41. The lowest BCUT2D eigenvalue weighted by Gasteiger charge is -2.27. The van der Waals surface area contributed by atoms with Crippen LogP contribution in [0.5, 0.6) is 0 Å². The molecule has 0 spiro atoms. The van der Waals surface area contributed by atoms with Crippen LogP contribution in [0.25, 0.3) is 85.0 Å². The monoisotopic (exact) mass is 1360 g/mol. The van der Waals surface area contributed by atoms with E-state index in [-0.39, 0.29) is 11.4 Å². The largest absolute Gasteiger partial charge is 0.371 e. The minimum absolute atomic E-state index is 0.196. The summed E-state index contributed by atoms with van der Waals surface area (Å²) in [4.78, 5) is 17.2. The summed E-state index contributed by atoms with van der Waals surface area (Å²) in [5.41, 5.74) is 23.8. The fraction of sp³-hybridized carbons (Fsp3) is 0.318. The van der Waals surface area contributed by atoms with E-state index in [2.05, 4.69) is 194 Å². The Bertz CT molecular complexity index is 5220. The average molecular weight is 1360 g/mol. The highest BCUT2D eigenvalue weighted by Crippen LogP contribution is 2.44. The molecule has 18 heteroatoms. The van der Waals surface area contributed by atoms with Crippen LogP contribution in [0.3, 0.4) is 0 Å². The number of aromatic nitrogens is 10. The molecule has 4 atom stereocenters. The Morgan fingerprint density at radius 3 is 1.68 bits per heavy atom. The summed E-state index contributed by atoms with van der Waals surface area (Å²) in [5.74, 6) is 4.80. The van der Waals surface area contributed by atoms with Crippen LogP contribution < -0.4 is 25.3 Å². The molecule has 518 valence electrons. The lowest BCUT2D eigenvalue weighted by molar-refractivity contribution is 0.346. The van der Waals surface area contributed by atoms with Gasteiger partial charge in [-0.25, -0.2) is 14.4 Å². The Morgan fingerprint density at radius 2 is 1.09 bits per heavy atom. The first-order valence-electron chi connectivity index (χ1n) is 36.8. The van der Waals surface area contributed by atoms with Crippen LogP contribution in [-0.2, 0) is 19.6 Å². The summed E-state index contributed by atoms with van der Waals surface area (Å²) in [6.45, 7) is 19.0. The quantitative estimate of drug-likeness (QED) is 0.120. The molecule has 6 aromatic heterocycles. The molecule has 2 N–H and O–H groups in total. The number of fused-ring (bicyclic) bond motifs is 16. The third kappa shape index (κ3) is 12.5. The first-order chi connectivity index (χ1) is 50.3. The van der Waals surface area contributed by atoms with Crippen molar-refractivity contribution in [3.8, 4) is 97.1 Å². The van der Waals surface area contributed by atoms with Crippen LogP contribution in [0, 0.1) is 53.2 Å². The smallest absolute Gasteiger partial charge is 0.185 e. The molecule has 0 radical (unpaired) electrons. The number of nitrogens with one attached hydrogen (secondary N) is 2. The van der Waals surface area contributed by atoms with E-state index in [9.17, 15) is 4.39 Å². The van der Waals surface area contributed by atoms with Crippen LogP contribution in [0.4, 0.5) is 21.5 Å². The van der Waals surface area contributed by atoms with Gasteiger partial charge in [0.1, 0.15) is 12.1 Å². The van der Waals surface area contributed by atoms with Crippen molar-refractivity contribution in [2.45, 2.75) is 104 Å². The third-order valence-corrected chi connectivity index (χ3v) is 23.0. The second-order valence-electron chi connectivity index (χ2n) is 29.9. The molecule has 6 aliphatic heterocycles. The Hall–Kier alpha value is -11.1. The van der Waals surface area contributed by atoms with E-state index >= 15 is 0 Å². The van der Waals surface area contributed by atoms with Crippen LogP contribution >= 0.6 is 0 Å². The molecular weight excluding hydrogens is 1280 g/mol. The molecule has 17 nitrogen and oxygen atoms in total. The van der Waals surface area contributed by atoms with E-state index in [1.54, 1.807) is 6.33 Å². The Morgan fingerprint density at radius 1 is 0.553 bits per heavy atom. The van der Waals surface area contributed by atoms with E-state index in [1.807, 2.05) is 86.3 Å². The van der Waals surface area contributed by atoms with E-state index in [0.717, 1.165) is 157 Å². The summed E-state index contributed by atoms with van der Waals surface area (Å²) in [5, 5.41) is 34.0. The second-order valence-corrected chi connectivity index (χ2v) is 29.9. The summed E-state index contributed by atoms with van der Waals surface area (Å²) in [7, 11) is 2.03. The van der Waals surface area contributed by atoms with Crippen molar-refractivity contribution in [1.29, 1.82) is 10.5 Å². The van der Waals surface area contributed by atoms with Crippen LogP contribution in [0.2, 0.25) is 0 Å². The van der Waals surface area contributed by atoms with E-state index in [1.165, 1.54) is 102 Å². The average Bonchev–Trinajstić information content (AvgIpc) is 1.61. The molecule has 12 aromatic rings. The number of hydrogen-bond acceptors (Lipinski definition) is 11. The van der Waals surface area contributed by atoms with Crippen molar-refractivity contribution in [2.75, 3.05) is 67.6 Å². The van der Waals surface area contributed by atoms with Crippen LogP contribution in [0.1, 0.15) is 99.2 Å². The summed E-state index contributed by atoms with van der Waals surface area (Å²) in [6, 6.07) is 54.6. The summed E-state index contributed by atoms with van der Waals surface area (Å²) in [6.07, 6.45) is 23.3. The number of rotatable bonds is 12. The predicted octanol–water partition coefficient (Wildman–Crippen LogP) is 15.7.